The van der Waals surface area contributed by atoms with Crippen LogP contribution in [-0.2, 0) is 23.0 Å². The average molecular weight is 510 g/mol. The molecule has 0 radical (unpaired) electrons. The third-order valence-electron chi connectivity index (χ3n) is 5.38. The first kappa shape index (κ1) is 25.3. The fraction of sp³-hybridized carbons (Fsp3) is 0.333. The van der Waals surface area contributed by atoms with Gasteiger partial charge in [0.15, 0.2) is 5.78 Å². The number of imidazole rings is 1. The van der Waals surface area contributed by atoms with Crippen molar-refractivity contribution in [3.63, 3.8) is 0 Å². The molecular formula is C27H31N3O3S2. The molecule has 2 heterocycles. The van der Waals surface area contributed by atoms with E-state index in [1.165, 1.54) is 11.3 Å². The number of fused-ring (bicyclic) bond motifs is 1. The summed E-state index contributed by atoms with van der Waals surface area (Å²) in [5, 5.41) is 0. The van der Waals surface area contributed by atoms with Crippen molar-refractivity contribution in [3.05, 3.63) is 71.4 Å². The Kier molecular flexibility index (Phi) is 6.99. The van der Waals surface area contributed by atoms with Crippen LogP contribution in [0.1, 0.15) is 49.9 Å². The van der Waals surface area contributed by atoms with Crippen LogP contribution in [-0.4, -0.2) is 29.3 Å². The number of ketones is 1. The molecule has 0 unspecified atom stereocenters. The summed E-state index contributed by atoms with van der Waals surface area (Å²) in [6, 6.07) is 16.9. The molecule has 0 aliphatic heterocycles. The largest absolute Gasteiger partial charge is 0.323 e. The van der Waals surface area contributed by atoms with E-state index in [4.69, 9.17) is 0 Å². The molecule has 6 nitrogen and oxygen atoms in total. The van der Waals surface area contributed by atoms with Crippen molar-refractivity contribution in [1.29, 1.82) is 0 Å². The van der Waals surface area contributed by atoms with Crippen molar-refractivity contribution in [2.45, 2.75) is 57.3 Å². The summed E-state index contributed by atoms with van der Waals surface area (Å²) in [4.78, 5) is 18.6. The number of Topliss-reactive ketones (excluding diaryl/α,β-unsaturated/α-hetero) is 1. The van der Waals surface area contributed by atoms with Crippen LogP contribution in [0.5, 0.6) is 0 Å². The Balaban J connectivity index is 1.71. The highest BCUT2D eigenvalue weighted by molar-refractivity contribution is 7.91. The molecule has 0 saturated carbocycles. The number of nitrogens with zero attached hydrogens (tertiary/aromatic N) is 2. The van der Waals surface area contributed by atoms with Crippen molar-refractivity contribution < 1.29 is 13.2 Å². The van der Waals surface area contributed by atoms with Crippen molar-refractivity contribution >= 4 is 38.2 Å². The van der Waals surface area contributed by atoms with Gasteiger partial charge in [0.25, 0.3) is 10.0 Å². The van der Waals surface area contributed by atoms with E-state index >= 15 is 0 Å². The second kappa shape index (κ2) is 9.68. The van der Waals surface area contributed by atoms with E-state index in [1.54, 1.807) is 18.5 Å². The molecule has 8 heteroatoms. The first-order valence-electron chi connectivity index (χ1n) is 11.6. The molecular weight excluding hydrogens is 478 g/mol. The maximum atomic E-state index is 13.3. The number of thiophene rings is 1. The minimum Gasteiger partial charge on any atom is -0.323 e. The van der Waals surface area contributed by atoms with E-state index in [-0.39, 0.29) is 16.5 Å². The van der Waals surface area contributed by atoms with Gasteiger partial charge in [-0.15, -0.1) is 11.3 Å². The molecule has 0 fully saturated rings. The van der Waals surface area contributed by atoms with Crippen molar-refractivity contribution in [3.8, 4) is 11.1 Å². The van der Waals surface area contributed by atoms with Gasteiger partial charge in [0.05, 0.1) is 23.9 Å². The Hall–Kier alpha value is -2.81. The SMILES string of the molecule is CC(C)Cc1cc(-c2cccc(C(=O)Cn3cnc4ccccc43)c2)c(S(=O)(=O)NC(C)(C)C)s1. The van der Waals surface area contributed by atoms with Crippen LogP contribution in [0.4, 0.5) is 0 Å². The van der Waals surface area contributed by atoms with E-state index in [0.29, 0.717) is 22.6 Å². The zero-order valence-corrected chi connectivity index (χ0v) is 22.3. The molecule has 2 aromatic heterocycles. The van der Waals surface area contributed by atoms with Gasteiger partial charge < -0.3 is 4.57 Å². The molecule has 0 aliphatic carbocycles. The lowest BCUT2D eigenvalue weighted by molar-refractivity contribution is 0.0973. The van der Waals surface area contributed by atoms with E-state index in [9.17, 15) is 13.2 Å². The standard InChI is InChI=1S/C27H31N3O3S2/c1-18(2)13-21-15-22(26(34-21)35(32,33)29-27(3,4)5)19-9-8-10-20(14-19)25(31)16-30-17-28-23-11-6-7-12-24(23)30/h6-12,14-15,17-18,29H,13,16H2,1-5H3. The van der Waals surface area contributed by atoms with Gasteiger partial charge >= 0.3 is 0 Å². The monoisotopic (exact) mass is 509 g/mol. The maximum Gasteiger partial charge on any atom is 0.251 e. The third kappa shape index (κ3) is 5.89. The van der Waals surface area contributed by atoms with Crippen LogP contribution in [0.2, 0.25) is 0 Å². The zero-order chi connectivity index (χ0) is 25.4. The molecule has 0 amide bonds. The molecule has 0 atom stereocenters. The van der Waals surface area contributed by atoms with Crippen molar-refractivity contribution in [2.24, 2.45) is 5.92 Å². The number of benzene rings is 2. The molecule has 0 spiro atoms. The van der Waals surface area contributed by atoms with E-state index in [2.05, 4.69) is 23.6 Å². The Morgan fingerprint density at radius 1 is 1.09 bits per heavy atom. The van der Waals surface area contributed by atoms with Crippen LogP contribution < -0.4 is 4.72 Å². The highest BCUT2D eigenvalue weighted by Crippen LogP contribution is 2.37. The minimum atomic E-state index is -3.74. The van der Waals surface area contributed by atoms with Gasteiger partial charge in [0.1, 0.15) is 4.21 Å². The molecule has 2 aromatic carbocycles. The van der Waals surface area contributed by atoms with Gasteiger partial charge in [-0.25, -0.2) is 18.1 Å². The number of para-hydroxylation sites is 2. The highest BCUT2D eigenvalue weighted by atomic mass is 32.2. The number of nitrogens with one attached hydrogen (secondary N) is 1. The molecule has 0 bridgehead atoms. The molecule has 1 N–H and O–H groups in total. The Labute approximate surface area is 211 Å². The van der Waals surface area contributed by atoms with Gasteiger partial charge in [-0.1, -0.05) is 44.2 Å². The van der Waals surface area contributed by atoms with Crippen LogP contribution in [0.15, 0.2) is 65.1 Å². The predicted molar refractivity (Wildman–Crippen MR) is 142 cm³/mol. The summed E-state index contributed by atoms with van der Waals surface area (Å²) in [7, 11) is -3.74. The fourth-order valence-electron chi connectivity index (χ4n) is 4.02. The van der Waals surface area contributed by atoms with Gasteiger partial charge in [-0.05, 0) is 62.9 Å². The van der Waals surface area contributed by atoms with Crippen LogP contribution in [0.25, 0.3) is 22.2 Å². The topological polar surface area (TPSA) is 81.1 Å². The van der Waals surface area contributed by atoms with E-state index in [1.807, 2.05) is 67.8 Å². The first-order chi connectivity index (χ1) is 16.4. The fourth-order valence-corrected chi connectivity index (χ4v) is 7.39. The summed E-state index contributed by atoms with van der Waals surface area (Å²) in [5.74, 6) is 0.329. The third-order valence-corrected chi connectivity index (χ3v) is 8.83. The normalized spacial score (nSPS) is 12.5. The summed E-state index contributed by atoms with van der Waals surface area (Å²) >= 11 is 1.30. The molecule has 4 rings (SSSR count). The minimum absolute atomic E-state index is 0.0649. The summed E-state index contributed by atoms with van der Waals surface area (Å²) in [6.07, 6.45) is 2.46. The highest BCUT2D eigenvalue weighted by Gasteiger charge is 2.28. The number of carbonyl (C=O) groups excluding carboxylic acids is 1. The van der Waals surface area contributed by atoms with Crippen LogP contribution in [0, 0.1) is 5.92 Å². The number of hydrogen-bond donors (Lipinski definition) is 1. The lowest BCUT2D eigenvalue weighted by atomic mass is 10.0. The maximum absolute atomic E-state index is 13.3. The number of aromatic nitrogens is 2. The quantitative estimate of drug-likeness (QED) is 0.299. The Morgan fingerprint density at radius 3 is 2.54 bits per heavy atom. The second-order valence-corrected chi connectivity index (χ2v) is 13.2. The van der Waals surface area contributed by atoms with Crippen LogP contribution in [0.3, 0.4) is 0 Å². The van der Waals surface area contributed by atoms with Gasteiger partial charge in [0.2, 0.25) is 0 Å². The number of hydrogen-bond acceptors (Lipinski definition) is 5. The van der Waals surface area contributed by atoms with Crippen molar-refractivity contribution in [1.82, 2.24) is 14.3 Å². The predicted octanol–water partition coefficient (Wildman–Crippen LogP) is 5.92. The lowest BCUT2D eigenvalue weighted by Gasteiger charge is -2.20. The molecule has 184 valence electrons. The van der Waals surface area contributed by atoms with Gasteiger partial charge in [0, 0.05) is 21.5 Å². The Bertz CT molecular complexity index is 1470. The zero-order valence-electron chi connectivity index (χ0n) is 20.7. The second-order valence-electron chi connectivity index (χ2n) is 10.2. The molecule has 0 aliphatic rings. The number of rotatable bonds is 8. The van der Waals surface area contributed by atoms with Gasteiger partial charge in [-0.2, -0.15) is 0 Å². The van der Waals surface area contributed by atoms with E-state index < -0.39 is 15.6 Å². The van der Waals surface area contributed by atoms with Crippen molar-refractivity contribution in [2.75, 3.05) is 0 Å². The smallest absolute Gasteiger partial charge is 0.251 e. The summed E-state index contributed by atoms with van der Waals surface area (Å²) < 4.78 is 31.5. The molecule has 0 saturated heterocycles. The van der Waals surface area contributed by atoms with Gasteiger partial charge in [-0.3, -0.25) is 4.79 Å². The van der Waals surface area contributed by atoms with E-state index in [0.717, 1.165) is 22.3 Å². The lowest BCUT2D eigenvalue weighted by Crippen LogP contribution is -2.40. The summed E-state index contributed by atoms with van der Waals surface area (Å²) in [6.45, 7) is 9.85. The molecule has 35 heavy (non-hydrogen) atoms. The first-order valence-corrected chi connectivity index (χ1v) is 13.9. The molecule has 4 aromatic rings. The number of carbonyl (C=O) groups is 1. The average Bonchev–Trinajstić information content (AvgIpc) is 3.37. The summed E-state index contributed by atoms with van der Waals surface area (Å²) in [5.41, 5.74) is 3.01. The number of sulfonamides is 1. The van der Waals surface area contributed by atoms with Crippen LogP contribution >= 0.6 is 11.3 Å². The Morgan fingerprint density at radius 2 is 1.83 bits per heavy atom.